The second-order valence-corrected chi connectivity index (χ2v) is 5.58. The number of rotatable bonds is 12. The van der Waals surface area contributed by atoms with Crippen LogP contribution in [0.3, 0.4) is 0 Å². The normalized spacial score (nSPS) is 14.3. The van der Waals surface area contributed by atoms with Crippen molar-refractivity contribution in [1.29, 1.82) is 0 Å². The molecule has 20 heavy (non-hydrogen) atoms. The number of hydrogen-bond acceptors (Lipinski definition) is 4. The van der Waals surface area contributed by atoms with E-state index in [0.29, 0.717) is 19.1 Å². The number of hydrogen-bond donors (Lipinski definition) is 1. The van der Waals surface area contributed by atoms with E-state index in [1.54, 1.807) is 0 Å². The Morgan fingerprint density at radius 3 is 2.35 bits per heavy atom. The third-order valence-electron chi connectivity index (χ3n) is 3.29. The third-order valence-corrected chi connectivity index (χ3v) is 3.29. The van der Waals surface area contributed by atoms with Gasteiger partial charge in [-0.05, 0) is 19.3 Å². The molecule has 120 valence electrons. The van der Waals surface area contributed by atoms with Crippen molar-refractivity contribution in [2.45, 2.75) is 72.4 Å². The summed E-state index contributed by atoms with van der Waals surface area (Å²) < 4.78 is 10.8. The smallest absolute Gasteiger partial charge is 0.325 e. The number of nitrogens with one attached hydrogen (secondary N) is 1. The predicted molar refractivity (Wildman–Crippen MR) is 82.8 cm³/mol. The molecule has 0 aromatic rings. The van der Waals surface area contributed by atoms with Gasteiger partial charge in [-0.25, -0.2) is 0 Å². The first-order valence-electron chi connectivity index (χ1n) is 8.05. The Kier molecular flexibility index (Phi) is 11.8. The molecule has 4 nitrogen and oxygen atoms in total. The second kappa shape index (κ2) is 12.2. The lowest BCUT2D eigenvalue weighted by molar-refractivity contribution is -0.147. The van der Waals surface area contributed by atoms with Crippen molar-refractivity contribution in [1.82, 2.24) is 5.32 Å². The maximum Gasteiger partial charge on any atom is 0.325 e. The van der Waals surface area contributed by atoms with Gasteiger partial charge in [-0.2, -0.15) is 0 Å². The standard InChI is InChI=1S/C16H33NO3/c1-6-9-10-14(7-2)11-19-12-15(17-13(4)5)16(18)20-8-3/h13-15,17H,6-12H2,1-5H3. The minimum atomic E-state index is -0.362. The van der Waals surface area contributed by atoms with E-state index < -0.39 is 0 Å². The fourth-order valence-corrected chi connectivity index (χ4v) is 2.08. The van der Waals surface area contributed by atoms with E-state index in [1.165, 1.54) is 19.3 Å². The van der Waals surface area contributed by atoms with Crippen LogP contribution in [0.1, 0.15) is 60.3 Å². The van der Waals surface area contributed by atoms with Crippen LogP contribution in [0.15, 0.2) is 0 Å². The van der Waals surface area contributed by atoms with Gasteiger partial charge in [0.25, 0.3) is 0 Å². The monoisotopic (exact) mass is 287 g/mol. The molecular formula is C16H33NO3. The molecule has 0 saturated heterocycles. The lowest BCUT2D eigenvalue weighted by Gasteiger charge is -2.21. The molecule has 0 rings (SSSR count). The number of carbonyl (C=O) groups is 1. The fourth-order valence-electron chi connectivity index (χ4n) is 2.08. The van der Waals surface area contributed by atoms with Gasteiger partial charge >= 0.3 is 5.97 Å². The molecule has 0 aromatic heterocycles. The Morgan fingerprint density at radius 2 is 1.85 bits per heavy atom. The van der Waals surface area contributed by atoms with Gasteiger partial charge in [0.05, 0.1) is 13.2 Å². The Bertz CT molecular complexity index is 244. The van der Waals surface area contributed by atoms with Gasteiger partial charge in [-0.3, -0.25) is 4.79 Å². The topological polar surface area (TPSA) is 47.6 Å². The average Bonchev–Trinajstić information content (AvgIpc) is 2.41. The number of carbonyl (C=O) groups excluding carboxylic acids is 1. The molecule has 0 aliphatic rings. The van der Waals surface area contributed by atoms with Gasteiger partial charge in [-0.15, -0.1) is 0 Å². The molecular weight excluding hydrogens is 254 g/mol. The van der Waals surface area contributed by atoms with Crippen LogP contribution in [0.5, 0.6) is 0 Å². The average molecular weight is 287 g/mol. The maximum absolute atomic E-state index is 11.8. The van der Waals surface area contributed by atoms with E-state index in [1.807, 2.05) is 20.8 Å². The first-order valence-corrected chi connectivity index (χ1v) is 8.05. The van der Waals surface area contributed by atoms with Crippen LogP contribution in [0.2, 0.25) is 0 Å². The molecule has 0 amide bonds. The quantitative estimate of drug-likeness (QED) is 0.560. The largest absolute Gasteiger partial charge is 0.465 e. The second-order valence-electron chi connectivity index (χ2n) is 5.58. The van der Waals surface area contributed by atoms with Crippen LogP contribution in [0.4, 0.5) is 0 Å². The SMILES string of the molecule is CCCCC(CC)COCC(NC(C)C)C(=O)OCC. The number of unbranched alkanes of at least 4 members (excludes halogenated alkanes) is 1. The Balaban J connectivity index is 4.13. The van der Waals surface area contributed by atoms with Crippen molar-refractivity contribution >= 4 is 5.97 Å². The van der Waals surface area contributed by atoms with Crippen LogP contribution in [-0.4, -0.2) is 37.9 Å². The van der Waals surface area contributed by atoms with Crippen molar-refractivity contribution in [2.24, 2.45) is 5.92 Å². The molecule has 0 heterocycles. The molecule has 0 aliphatic heterocycles. The van der Waals surface area contributed by atoms with E-state index >= 15 is 0 Å². The van der Waals surface area contributed by atoms with Crippen molar-refractivity contribution in [3.05, 3.63) is 0 Å². The van der Waals surface area contributed by atoms with Crippen LogP contribution >= 0.6 is 0 Å². The summed E-state index contributed by atoms with van der Waals surface area (Å²) in [6.45, 7) is 11.8. The summed E-state index contributed by atoms with van der Waals surface area (Å²) in [7, 11) is 0. The molecule has 0 spiro atoms. The molecule has 0 saturated carbocycles. The van der Waals surface area contributed by atoms with Crippen LogP contribution in [0.25, 0.3) is 0 Å². The third kappa shape index (κ3) is 9.32. The maximum atomic E-state index is 11.8. The molecule has 2 unspecified atom stereocenters. The highest BCUT2D eigenvalue weighted by Gasteiger charge is 2.21. The van der Waals surface area contributed by atoms with E-state index in [9.17, 15) is 4.79 Å². The van der Waals surface area contributed by atoms with Crippen molar-refractivity contribution in [3.63, 3.8) is 0 Å². The van der Waals surface area contributed by atoms with Gasteiger partial charge in [0.15, 0.2) is 0 Å². The summed E-state index contributed by atoms with van der Waals surface area (Å²) in [6, 6.07) is -0.131. The predicted octanol–water partition coefficient (Wildman–Crippen LogP) is 3.15. The number of ether oxygens (including phenoxy) is 2. The molecule has 2 atom stereocenters. The highest BCUT2D eigenvalue weighted by atomic mass is 16.5. The van der Waals surface area contributed by atoms with E-state index in [-0.39, 0.29) is 18.1 Å². The zero-order valence-corrected chi connectivity index (χ0v) is 13.9. The summed E-state index contributed by atoms with van der Waals surface area (Å²) in [5, 5.41) is 3.20. The summed E-state index contributed by atoms with van der Waals surface area (Å²) in [6.07, 6.45) is 4.79. The van der Waals surface area contributed by atoms with E-state index in [0.717, 1.165) is 13.0 Å². The summed E-state index contributed by atoms with van der Waals surface area (Å²) >= 11 is 0. The van der Waals surface area contributed by atoms with E-state index in [2.05, 4.69) is 19.2 Å². The summed E-state index contributed by atoms with van der Waals surface area (Å²) in [4.78, 5) is 11.8. The van der Waals surface area contributed by atoms with Gasteiger partial charge in [-0.1, -0.05) is 47.0 Å². The van der Waals surface area contributed by atoms with Gasteiger partial charge in [0.2, 0.25) is 0 Å². The molecule has 0 radical (unpaired) electrons. The fraction of sp³-hybridized carbons (Fsp3) is 0.938. The minimum absolute atomic E-state index is 0.220. The van der Waals surface area contributed by atoms with Crippen LogP contribution in [-0.2, 0) is 14.3 Å². The molecule has 0 aliphatic carbocycles. The molecule has 4 heteroatoms. The van der Waals surface area contributed by atoms with Gasteiger partial charge in [0, 0.05) is 12.6 Å². The van der Waals surface area contributed by atoms with E-state index in [4.69, 9.17) is 9.47 Å². The van der Waals surface area contributed by atoms with Crippen LogP contribution < -0.4 is 5.32 Å². The molecule has 0 bridgehead atoms. The Morgan fingerprint density at radius 1 is 1.15 bits per heavy atom. The van der Waals surface area contributed by atoms with Gasteiger partial charge in [0.1, 0.15) is 6.04 Å². The lowest BCUT2D eigenvalue weighted by Crippen LogP contribution is -2.45. The molecule has 1 N–H and O–H groups in total. The van der Waals surface area contributed by atoms with Crippen molar-refractivity contribution in [3.8, 4) is 0 Å². The lowest BCUT2D eigenvalue weighted by atomic mass is 10.0. The number of esters is 1. The van der Waals surface area contributed by atoms with Crippen LogP contribution in [0, 0.1) is 5.92 Å². The first-order chi connectivity index (χ1) is 9.54. The molecule has 0 fully saturated rings. The zero-order chi connectivity index (χ0) is 15.4. The Labute approximate surface area is 124 Å². The van der Waals surface area contributed by atoms with Gasteiger partial charge < -0.3 is 14.8 Å². The molecule has 0 aromatic carbocycles. The Hall–Kier alpha value is -0.610. The highest BCUT2D eigenvalue weighted by Crippen LogP contribution is 2.13. The highest BCUT2D eigenvalue weighted by molar-refractivity contribution is 5.75. The summed E-state index contributed by atoms with van der Waals surface area (Å²) in [5.74, 6) is 0.375. The zero-order valence-electron chi connectivity index (χ0n) is 13.9. The first kappa shape index (κ1) is 19.4. The van der Waals surface area contributed by atoms with Crippen molar-refractivity contribution in [2.75, 3.05) is 19.8 Å². The minimum Gasteiger partial charge on any atom is -0.465 e. The summed E-state index contributed by atoms with van der Waals surface area (Å²) in [5.41, 5.74) is 0. The van der Waals surface area contributed by atoms with Crippen molar-refractivity contribution < 1.29 is 14.3 Å².